The summed E-state index contributed by atoms with van der Waals surface area (Å²) >= 11 is 0. The number of aromatic nitrogens is 2. The highest BCUT2D eigenvalue weighted by Gasteiger charge is 2.20. The first kappa shape index (κ1) is 23.9. The van der Waals surface area contributed by atoms with E-state index in [1.165, 1.54) is 11.1 Å². The van der Waals surface area contributed by atoms with Gasteiger partial charge in [-0.1, -0.05) is 74.5 Å². The Balaban J connectivity index is 0.00000320. The molecule has 5 nitrogen and oxygen atoms in total. The fourth-order valence-electron chi connectivity index (χ4n) is 3.30. The Morgan fingerprint density at radius 1 is 1.00 bits per heavy atom. The number of nitrogens with one attached hydrogen (secondary N) is 2. The number of nitrogens with zero attached hydrogens (tertiary/aromatic N) is 3. The van der Waals surface area contributed by atoms with Crippen LogP contribution in [-0.2, 0) is 18.4 Å². The molecular weight excluding hydrogens is 485 g/mol. The minimum absolute atomic E-state index is 0. The van der Waals surface area contributed by atoms with Gasteiger partial charge in [0.1, 0.15) is 5.82 Å². The molecule has 2 aromatic carbocycles. The van der Waals surface area contributed by atoms with Gasteiger partial charge < -0.3 is 15.2 Å². The van der Waals surface area contributed by atoms with E-state index in [0.29, 0.717) is 0 Å². The molecule has 0 aliphatic carbocycles. The molecule has 0 unspecified atom stereocenters. The summed E-state index contributed by atoms with van der Waals surface area (Å²) < 4.78 is 2.20. The van der Waals surface area contributed by atoms with Crippen LogP contribution in [0.5, 0.6) is 0 Å². The van der Waals surface area contributed by atoms with Gasteiger partial charge in [-0.15, -0.1) is 24.0 Å². The molecule has 1 aromatic heterocycles. The molecule has 0 fully saturated rings. The summed E-state index contributed by atoms with van der Waals surface area (Å²) in [5.41, 5.74) is 2.61. The van der Waals surface area contributed by atoms with Gasteiger partial charge in [-0.2, -0.15) is 0 Å². The van der Waals surface area contributed by atoms with Crippen molar-refractivity contribution in [1.29, 1.82) is 0 Å². The van der Waals surface area contributed by atoms with E-state index in [0.717, 1.165) is 37.8 Å². The van der Waals surface area contributed by atoms with Crippen molar-refractivity contribution in [1.82, 2.24) is 20.2 Å². The average molecular weight is 517 g/mol. The van der Waals surface area contributed by atoms with Crippen LogP contribution in [0.25, 0.3) is 0 Å². The van der Waals surface area contributed by atoms with Crippen LogP contribution in [0.2, 0.25) is 0 Å². The van der Waals surface area contributed by atoms with E-state index < -0.39 is 0 Å². The summed E-state index contributed by atoms with van der Waals surface area (Å²) in [4.78, 5) is 8.88. The number of hydrogen-bond donors (Lipinski definition) is 2. The number of aliphatic imine (C=N–C) groups is 1. The Hall–Kier alpha value is -2.35. The molecule has 2 N–H and O–H groups in total. The number of rotatable bonds is 8. The Labute approximate surface area is 197 Å². The molecule has 0 spiro atoms. The van der Waals surface area contributed by atoms with Crippen LogP contribution in [0.1, 0.15) is 30.8 Å². The number of guanidine groups is 1. The lowest BCUT2D eigenvalue weighted by atomic mass is 9.85. The van der Waals surface area contributed by atoms with Crippen molar-refractivity contribution in [2.75, 3.05) is 20.1 Å². The van der Waals surface area contributed by atoms with Gasteiger partial charge in [-0.05, 0) is 11.1 Å². The summed E-state index contributed by atoms with van der Waals surface area (Å²) in [7, 11) is 1.81. The molecule has 0 saturated heterocycles. The zero-order chi connectivity index (χ0) is 20.5. The van der Waals surface area contributed by atoms with Crippen molar-refractivity contribution >= 4 is 29.9 Å². The van der Waals surface area contributed by atoms with Crippen molar-refractivity contribution in [2.45, 2.75) is 32.2 Å². The summed E-state index contributed by atoms with van der Waals surface area (Å²) in [6.07, 6.45) is 4.74. The predicted octanol–water partition coefficient (Wildman–Crippen LogP) is 4.23. The highest BCUT2D eigenvalue weighted by Crippen LogP contribution is 2.21. The lowest BCUT2D eigenvalue weighted by molar-refractivity contribution is 0.508. The zero-order valence-corrected chi connectivity index (χ0v) is 20.3. The second-order valence-corrected chi connectivity index (χ2v) is 7.81. The van der Waals surface area contributed by atoms with E-state index in [-0.39, 0.29) is 29.4 Å². The highest BCUT2D eigenvalue weighted by molar-refractivity contribution is 14.0. The average Bonchev–Trinajstić information content (AvgIpc) is 3.18. The van der Waals surface area contributed by atoms with Crippen molar-refractivity contribution in [2.24, 2.45) is 4.99 Å². The van der Waals surface area contributed by atoms with Gasteiger partial charge in [0.15, 0.2) is 5.96 Å². The van der Waals surface area contributed by atoms with Crippen LogP contribution in [0.4, 0.5) is 0 Å². The summed E-state index contributed by atoms with van der Waals surface area (Å²) in [5, 5.41) is 6.86. The largest absolute Gasteiger partial charge is 0.356 e. The third kappa shape index (κ3) is 6.86. The summed E-state index contributed by atoms with van der Waals surface area (Å²) in [5.74, 6) is 1.89. The first-order chi connectivity index (χ1) is 14.1. The molecular formula is C24H32IN5. The topological polar surface area (TPSA) is 54.2 Å². The van der Waals surface area contributed by atoms with Crippen molar-refractivity contribution in [3.63, 3.8) is 0 Å². The molecule has 0 amide bonds. The number of hydrogen-bond acceptors (Lipinski definition) is 2. The van der Waals surface area contributed by atoms with Crippen LogP contribution in [0.3, 0.4) is 0 Å². The minimum atomic E-state index is 0. The molecule has 0 atom stereocenters. The van der Waals surface area contributed by atoms with Crippen LogP contribution in [0.15, 0.2) is 78.0 Å². The second-order valence-electron chi connectivity index (χ2n) is 7.81. The molecule has 0 aliphatic heterocycles. The molecule has 0 bridgehead atoms. The van der Waals surface area contributed by atoms with E-state index in [1.54, 1.807) is 7.05 Å². The SMILES string of the molecule is CN=C(NCCc1nccn1Cc1ccccc1)NCC(C)(C)c1ccccc1.I. The smallest absolute Gasteiger partial charge is 0.191 e. The van der Waals surface area contributed by atoms with Crippen LogP contribution in [-0.4, -0.2) is 35.6 Å². The van der Waals surface area contributed by atoms with E-state index >= 15 is 0 Å². The molecule has 6 heteroatoms. The fraction of sp³-hybridized carbons (Fsp3) is 0.333. The van der Waals surface area contributed by atoms with Gasteiger partial charge in [0, 0.05) is 50.9 Å². The van der Waals surface area contributed by atoms with Crippen molar-refractivity contribution in [3.05, 3.63) is 90.0 Å². The Morgan fingerprint density at radius 2 is 1.67 bits per heavy atom. The normalized spacial score (nSPS) is 11.6. The maximum atomic E-state index is 4.52. The summed E-state index contributed by atoms with van der Waals surface area (Å²) in [6.45, 7) is 6.90. The van der Waals surface area contributed by atoms with Gasteiger partial charge in [0.25, 0.3) is 0 Å². The van der Waals surface area contributed by atoms with E-state index in [4.69, 9.17) is 0 Å². The van der Waals surface area contributed by atoms with E-state index in [1.807, 2.05) is 18.5 Å². The van der Waals surface area contributed by atoms with Crippen LogP contribution < -0.4 is 10.6 Å². The number of imidazole rings is 1. The molecule has 160 valence electrons. The lowest BCUT2D eigenvalue weighted by Gasteiger charge is -2.26. The standard InChI is InChI=1S/C24H31N5.HI/c1-24(2,21-12-8-5-9-13-21)19-28-23(25-3)27-15-14-22-26-16-17-29(22)18-20-10-6-4-7-11-20;/h4-13,16-17H,14-15,18-19H2,1-3H3,(H2,25,27,28);1H. The maximum absolute atomic E-state index is 4.52. The Morgan fingerprint density at radius 3 is 2.33 bits per heavy atom. The van der Waals surface area contributed by atoms with Gasteiger partial charge in [-0.25, -0.2) is 4.98 Å². The van der Waals surface area contributed by atoms with Gasteiger partial charge in [-0.3, -0.25) is 4.99 Å². The Bertz CT molecular complexity index is 904. The highest BCUT2D eigenvalue weighted by atomic mass is 127. The molecule has 3 aromatic rings. The zero-order valence-electron chi connectivity index (χ0n) is 18.0. The fourth-order valence-corrected chi connectivity index (χ4v) is 3.30. The first-order valence-electron chi connectivity index (χ1n) is 10.1. The minimum Gasteiger partial charge on any atom is -0.356 e. The molecule has 1 heterocycles. The molecule has 3 rings (SSSR count). The molecule has 0 radical (unpaired) electrons. The van der Waals surface area contributed by atoms with E-state index in [9.17, 15) is 0 Å². The van der Waals surface area contributed by atoms with E-state index in [2.05, 4.69) is 93.6 Å². The third-order valence-electron chi connectivity index (χ3n) is 5.12. The van der Waals surface area contributed by atoms with Crippen molar-refractivity contribution in [3.8, 4) is 0 Å². The van der Waals surface area contributed by atoms with Gasteiger partial charge in [0.05, 0.1) is 0 Å². The quantitative estimate of drug-likeness (QED) is 0.267. The third-order valence-corrected chi connectivity index (χ3v) is 5.12. The monoisotopic (exact) mass is 517 g/mol. The maximum Gasteiger partial charge on any atom is 0.191 e. The second kappa shape index (κ2) is 11.7. The molecule has 0 aliphatic rings. The van der Waals surface area contributed by atoms with Crippen LogP contribution >= 0.6 is 24.0 Å². The number of halogens is 1. The number of benzene rings is 2. The summed E-state index contributed by atoms with van der Waals surface area (Å²) in [6, 6.07) is 21.0. The lowest BCUT2D eigenvalue weighted by Crippen LogP contribution is -2.44. The van der Waals surface area contributed by atoms with Crippen LogP contribution in [0, 0.1) is 0 Å². The molecule has 0 saturated carbocycles. The van der Waals surface area contributed by atoms with Gasteiger partial charge >= 0.3 is 0 Å². The van der Waals surface area contributed by atoms with Gasteiger partial charge in [0.2, 0.25) is 0 Å². The first-order valence-corrected chi connectivity index (χ1v) is 10.1. The van der Waals surface area contributed by atoms with Crippen molar-refractivity contribution < 1.29 is 0 Å². The Kier molecular flexibility index (Phi) is 9.36. The predicted molar refractivity (Wildman–Crippen MR) is 136 cm³/mol. The molecule has 30 heavy (non-hydrogen) atoms.